The zero-order valence-corrected chi connectivity index (χ0v) is 15.7. The van der Waals surface area contributed by atoms with Crippen LogP contribution < -0.4 is 10.6 Å². The number of aromatic nitrogens is 2. The topological polar surface area (TPSA) is 93.2 Å². The van der Waals surface area contributed by atoms with Gasteiger partial charge in [0.1, 0.15) is 6.04 Å². The standard InChI is InChI=1S/C16H20N4O3S2/c1-3-17-15-19-20-16(25-15)24-10-13(21)18-12(14(22)23-2)9-11-7-5-4-6-8-11/h4-8,12H,3,9-10H2,1-2H3,(H,17,19)(H,18,21)/t12-/m1/s1. The lowest BCUT2D eigenvalue weighted by Crippen LogP contribution is -2.43. The SMILES string of the molecule is CCNc1nnc(SCC(=O)N[C@H](Cc2ccccc2)C(=O)OC)s1. The monoisotopic (exact) mass is 380 g/mol. The van der Waals surface area contributed by atoms with Crippen molar-refractivity contribution >= 4 is 40.1 Å². The van der Waals surface area contributed by atoms with E-state index in [2.05, 4.69) is 20.8 Å². The number of carbonyl (C=O) groups is 2. The first kappa shape index (κ1) is 19.2. The molecule has 0 unspecified atom stereocenters. The summed E-state index contributed by atoms with van der Waals surface area (Å²) < 4.78 is 5.49. The van der Waals surface area contributed by atoms with E-state index in [1.54, 1.807) is 0 Å². The quantitative estimate of drug-likeness (QED) is 0.507. The van der Waals surface area contributed by atoms with Crippen LogP contribution in [0.3, 0.4) is 0 Å². The van der Waals surface area contributed by atoms with Gasteiger partial charge in [-0.15, -0.1) is 10.2 Å². The highest BCUT2D eigenvalue weighted by Crippen LogP contribution is 2.25. The zero-order chi connectivity index (χ0) is 18.1. The van der Waals surface area contributed by atoms with Crippen molar-refractivity contribution in [1.82, 2.24) is 15.5 Å². The number of rotatable bonds is 9. The summed E-state index contributed by atoms with van der Waals surface area (Å²) >= 11 is 2.67. The fourth-order valence-electron chi connectivity index (χ4n) is 2.04. The molecule has 0 radical (unpaired) electrons. The summed E-state index contributed by atoms with van der Waals surface area (Å²) in [7, 11) is 1.31. The van der Waals surface area contributed by atoms with E-state index in [0.717, 1.165) is 17.2 Å². The number of thioether (sulfide) groups is 1. The summed E-state index contributed by atoms with van der Waals surface area (Å²) in [6.45, 7) is 2.74. The molecule has 1 amide bonds. The molecule has 9 heteroatoms. The Morgan fingerprint density at radius 1 is 1.28 bits per heavy atom. The van der Waals surface area contributed by atoms with Crippen LogP contribution in [-0.2, 0) is 20.7 Å². The molecular formula is C16H20N4O3S2. The molecule has 1 aromatic carbocycles. The van der Waals surface area contributed by atoms with E-state index in [-0.39, 0.29) is 11.7 Å². The van der Waals surface area contributed by atoms with Crippen molar-refractivity contribution in [3.63, 3.8) is 0 Å². The van der Waals surface area contributed by atoms with Gasteiger partial charge >= 0.3 is 5.97 Å². The molecule has 1 heterocycles. The lowest BCUT2D eigenvalue weighted by molar-refractivity contribution is -0.144. The Labute approximate surface area is 154 Å². The van der Waals surface area contributed by atoms with Crippen molar-refractivity contribution in [1.29, 1.82) is 0 Å². The van der Waals surface area contributed by atoms with Gasteiger partial charge in [-0.3, -0.25) is 4.79 Å². The molecule has 2 rings (SSSR count). The Hall–Kier alpha value is -2.13. The second kappa shape index (κ2) is 10.00. The van der Waals surface area contributed by atoms with Crippen LogP contribution >= 0.6 is 23.1 Å². The molecule has 0 bridgehead atoms. The van der Waals surface area contributed by atoms with Crippen LogP contribution in [0.2, 0.25) is 0 Å². The molecule has 2 N–H and O–H groups in total. The number of carbonyl (C=O) groups excluding carboxylic acids is 2. The Kier molecular flexibility index (Phi) is 7.68. The van der Waals surface area contributed by atoms with Crippen molar-refractivity contribution in [2.45, 2.75) is 23.7 Å². The number of esters is 1. The number of nitrogens with zero attached hydrogens (tertiary/aromatic N) is 2. The lowest BCUT2D eigenvalue weighted by Gasteiger charge is -2.16. The maximum Gasteiger partial charge on any atom is 0.328 e. The highest BCUT2D eigenvalue weighted by atomic mass is 32.2. The average molecular weight is 380 g/mol. The molecule has 0 spiro atoms. The van der Waals surface area contributed by atoms with Crippen molar-refractivity contribution in [2.75, 3.05) is 24.7 Å². The maximum absolute atomic E-state index is 12.2. The predicted octanol–water partition coefficient (Wildman–Crippen LogP) is 1.96. The Morgan fingerprint density at radius 3 is 2.72 bits per heavy atom. The van der Waals surface area contributed by atoms with Gasteiger partial charge in [-0.2, -0.15) is 0 Å². The number of ether oxygens (including phenoxy) is 1. The van der Waals surface area contributed by atoms with Crippen LogP contribution in [0.1, 0.15) is 12.5 Å². The van der Waals surface area contributed by atoms with E-state index < -0.39 is 12.0 Å². The molecule has 0 aliphatic carbocycles. The zero-order valence-electron chi connectivity index (χ0n) is 14.0. The summed E-state index contributed by atoms with van der Waals surface area (Å²) in [5, 5.41) is 14.5. The van der Waals surface area contributed by atoms with Crippen LogP contribution in [0, 0.1) is 0 Å². The molecule has 0 saturated heterocycles. The molecule has 0 saturated carbocycles. The van der Waals surface area contributed by atoms with E-state index in [0.29, 0.717) is 10.8 Å². The summed E-state index contributed by atoms with van der Waals surface area (Å²) in [5.41, 5.74) is 0.949. The number of methoxy groups -OCH3 is 1. The highest BCUT2D eigenvalue weighted by molar-refractivity contribution is 8.01. The minimum atomic E-state index is -0.716. The Bertz CT molecular complexity index is 694. The molecule has 0 aliphatic heterocycles. The molecule has 1 aromatic heterocycles. The van der Waals surface area contributed by atoms with Crippen LogP contribution in [-0.4, -0.2) is 47.5 Å². The summed E-state index contributed by atoms with van der Waals surface area (Å²) in [5.74, 6) is -0.563. The summed E-state index contributed by atoms with van der Waals surface area (Å²) in [6, 6.07) is 8.76. The number of hydrogen-bond acceptors (Lipinski definition) is 8. The Balaban J connectivity index is 1.88. The minimum absolute atomic E-state index is 0.156. The van der Waals surface area contributed by atoms with Crippen LogP contribution in [0.5, 0.6) is 0 Å². The van der Waals surface area contributed by atoms with E-state index in [9.17, 15) is 9.59 Å². The van der Waals surface area contributed by atoms with Crippen LogP contribution in [0.15, 0.2) is 34.7 Å². The number of hydrogen-bond donors (Lipinski definition) is 2. The molecule has 25 heavy (non-hydrogen) atoms. The van der Waals surface area contributed by atoms with Gasteiger partial charge in [0.15, 0.2) is 4.34 Å². The van der Waals surface area contributed by atoms with Gasteiger partial charge in [-0.1, -0.05) is 53.4 Å². The maximum atomic E-state index is 12.2. The molecular weight excluding hydrogens is 360 g/mol. The van der Waals surface area contributed by atoms with Gasteiger partial charge in [0, 0.05) is 13.0 Å². The van der Waals surface area contributed by atoms with Crippen LogP contribution in [0.25, 0.3) is 0 Å². The third kappa shape index (κ3) is 6.35. The largest absolute Gasteiger partial charge is 0.467 e. The first-order valence-electron chi connectivity index (χ1n) is 7.73. The molecule has 7 nitrogen and oxygen atoms in total. The van der Waals surface area contributed by atoms with E-state index in [1.165, 1.54) is 30.2 Å². The second-order valence-corrected chi connectivity index (χ2v) is 7.23. The van der Waals surface area contributed by atoms with Gasteiger partial charge in [0.05, 0.1) is 12.9 Å². The summed E-state index contributed by atoms with van der Waals surface area (Å²) in [4.78, 5) is 24.1. The van der Waals surface area contributed by atoms with Gasteiger partial charge in [0.25, 0.3) is 0 Å². The molecule has 1 atom stereocenters. The molecule has 0 fully saturated rings. The fraction of sp³-hybridized carbons (Fsp3) is 0.375. The first-order valence-corrected chi connectivity index (χ1v) is 9.54. The van der Waals surface area contributed by atoms with E-state index in [1.807, 2.05) is 37.3 Å². The smallest absolute Gasteiger partial charge is 0.328 e. The molecule has 2 aromatic rings. The number of benzene rings is 1. The molecule has 0 aliphatic rings. The second-order valence-electron chi connectivity index (χ2n) is 5.03. The van der Waals surface area contributed by atoms with Crippen molar-refractivity contribution in [3.8, 4) is 0 Å². The van der Waals surface area contributed by atoms with Crippen LogP contribution in [0.4, 0.5) is 5.13 Å². The van der Waals surface area contributed by atoms with Gasteiger partial charge < -0.3 is 15.4 Å². The molecule has 134 valence electrons. The first-order chi connectivity index (χ1) is 12.1. The van der Waals surface area contributed by atoms with E-state index >= 15 is 0 Å². The van der Waals surface area contributed by atoms with Crippen molar-refractivity contribution in [3.05, 3.63) is 35.9 Å². The number of nitrogens with one attached hydrogen (secondary N) is 2. The minimum Gasteiger partial charge on any atom is -0.467 e. The normalized spacial score (nSPS) is 11.6. The average Bonchev–Trinajstić information content (AvgIpc) is 3.07. The number of amides is 1. The Morgan fingerprint density at radius 2 is 2.04 bits per heavy atom. The van der Waals surface area contributed by atoms with Crippen molar-refractivity contribution in [2.24, 2.45) is 0 Å². The number of anilines is 1. The predicted molar refractivity (Wildman–Crippen MR) is 98.9 cm³/mol. The van der Waals surface area contributed by atoms with Gasteiger partial charge in [-0.25, -0.2) is 4.79 Å². The third-order valence-electron chi connectivity index (χ3n) is 3.16. The van der Waals surface area contributed by atoms with E-state index in [4.69, 9.17) is 4.74 Å². The summed E-state index contributed by atoms with van der Waals surface area (Å²) in [6.07, 6.45) is 0.382. The van der Waals surface area contributed by atoms with Gasteiger partial charge in [-0.05, 0) is 12.5 Å². The third-order valence-corrected chi connectivity index (χ3v) is 5.18. The lowest BCUT2D eigenvalue weighted by atomic mass is 10.1. The highest BCUT2D eigenvalue weighted by Gasteiger charge is 2.22. The van der Waals surface area contributed by atoms with Gasteiger partial charge in [0.2, 0.25) is 11.0 Å². The fourth-order valence-corrected chi connectivity index (χ4v) is 3.67. The van der Waals surface area contributed by atoms with Crippen molar-refractivity contribution < 1.29 is 14.3 Å².